The number of unbranched alkanes of at least 4 members (excludes halogenated alkanes) is 3. The second-order valence-corrected chi connectivity index (χ2v) is 22.4. The molecular formula is C59H82N3O7-. The number of carbonyl (C=O) groups is 1. The number of carboxylic acids is 1. The van der Waals surface area contributed by atoms with E-state index in [1.165, 1.54) is 36.5 Å². The highest BCUT2D eigenvalue weighted by Gasteiger charge is 2.51. The number of hydrogen-bond acceptors (Lipinski definition) is 8. The average Bonchev–Trinajstić information content (AvgIpc) is 3.90. The summed E-state index contributed by atoms with van der Waals surface area (Å²) in [6, 6.07) is 17.5. The predicted octanol–water partition coefficient (Wildman–Crippen LogP) is 11.4. The smallest absolute Gasteiger partial charge is 0.309 e. The molecule has 3 aliphatic carbocycles. The van der Waals surface area contributed by atoms with Crippen molar-refractivity contribution >= 4 is 11.8 Å². The number of aromatic amines is 1. The summed E-state index contributed by atoms with van der Waals surface area (Å²) in [5.74, 6) is -1.13. The first-order chi connectivity index (χ1) is 33.0. The maximum absolute atomic E-state index is 13.9. The first-order valence-corrected chi connectivity index (χ1v) is 26.6. The number of allylic oxidation sites excluding steroid dienone is 1. The number of nitrogens with one attached hydrogen (secondary N) is 1. The number of fused-ring (bicyclic) bond motifs is 1. The van der Waals surface area contributed by atoms with Gasteiger partial charge in [-0.1, -0.05) is 97.1 Å². The van der Waals surface area contributed by atoms with Crippen LogP contribution in [0.5, 0.6) is 11.5 Å². The van der Waals surface area contributed by atoms with E-state index in [1.807, 2.05) is 18.2 Å². The number of nitrogen functional groups attached to an aromatic ring is 1. The Hall–Kier alpha value is -4.64. The van der Waals surface area contributed by atoms with Crippen LogP contribution in [-0.4, -0.2) is 59.3 Å². The molecular weight excluding hydrogens is 863 g/mol. The number of aromatic hydroxyl groups is 1. The number of pyridine rings is 1. The SMILES string of the molecule is CCCCC[C@H]1C=C[C@H](CCCC[C@@H]2CC[C@H](c3ccc(-c4cc(O)cc([O-])c4Cc4ccc(C(C)C)cc4CC(C)C)[nH]3)[C@@H]3C[C@H](Cc4ccnc(N)c4)C[C@@]3(O)CC[C@@H](O)[C@H]2C(=O)O)[C@@H](O)C1. The van der Waals surface area contributed by atoms with Gasteiger partial charge in [0, 0.05) is 35.0 Å². The predicted molar refractivity (Wildman–Crippen MR) is 274 cm³/mol. The summed E-state index contributed by atoms with van der Waals surface area (Å²) >= 11 is 0. The van der Waals surface area contributed by atoms with Crippen LogP contribution in [0.25, 0.3) is 11.3 Å². The number of hydrogen-bond donors (Lipinski definition) is 7. The van der Waals surface area contributed by atoms with Crippen molar-refractivity contribution in [2.24, 2.45) is 41.4 Å². The highest BCUT2D eigenvalue weighted by Crippen LogP contribution is 2.53. The molecule has 10 heteroatoms. The van der Waals surface area contributed by atoms with Crippen LogP contribution in [0, 0.1) is 41.4 Å². The Labute approximate surface area is 411 Å². The van der Waals surface area contributed by atoms with E-state index < -0.39 is 23.6 Å². The number of aliphatic hydroxyl groups excluding tert-OH is 2. The molecule has 376 valence electrons. The molecule has 0 aliphatic heterocycles. The number of aromatic nitrogens is 2. The maximum atomic E-state index is 13.9. The minimum absolute atomic E-state index is 0.0950. The van der Waals surface area contributed by atoms with Gasteiger partial charge in [0.1, 0.15) is 11.6 Å². The second-order valence-electron chi connectivity index (χ2n) is 22.4. The molecule has 2 aromatic heterocycles. The van der Waals surface area contributed by atoms with Gasteiger partial charge in [-0.3, -0.25) is 4.79 Å². The third kappa shape index (κ3) is 13.2. The fourth-order valence-corrected chi connectivity index (χ4v) is 12.8. The first-order valence-electron chi connectivity index (χ1n) is 26.6. The number of aliphatic carboxylic acids is 1. The van der Waals surface area contributed by atoms with Crippen LogP contribution < -0.4 is 10.8 Å². The van der Waals surface area contributed by atoms with E-state index >= 15 is 0 Å². The molecule has 10 atom stereocenters. The van der Waals surface area contributed by atoms with E-state index in [4.69, 9.17) is 5.73 Å². The van der Waals surface area contributed by atoms with Crippen molar-refractivity contribution < 1.29 is 35.4 Å². The fourth-order valence-electron chi connectivity index (χ4n) is 12.8. The summed E-state index contributed by atoms with van der Waals surface area (Å²) in [4.78, 5) is 21.1. The maximum Gasteiger partial charge on any atom is 0.309 e. The van der Waals surface area contributed by atoms with Gasteiger partial charge in [-0.05, 0) is 183 Å². The molecule has 10 nitrogen and oxygen atoms in total. The van der Waals surface area contributed by atoms with Crippen LogP contribution >= 0.6 is 0 Å². The van der Waals surface area contributed by atoms with Gasteiger partial charge in [0.15, 0.2) is 0 Å². The van der Waals surface area contributed by atoms with Gasteiger partial charge in [-0.25, -0.2) is 4.98 Å². The van der Waals surface area contributed by atoms with Gasteiger partial charge >= 0.3 is 5.97 Å². The van der Waals surface area contributed by atoms with Gasteiger partial charge in [0.25, 0.3) is 0 Å². The Kier molecular flexibility index (Phi) is 17.8. The number of nitrogens with two attached hydrogens (primary N) is 1. The molecule has 0 unspecified atom stereocenters. The Morgan fingerprint density at radius 3 is 2.41 bits per heavy atom. The van der Waals surface area contributed by atoms with E-state index in [0.29, 0.717) is 78.9 Å². The molecule has 0 bridgehead atoms. The van der Waals surface area contributed by atoms with Gasteiger partial charge in [0.2, 0.25) is 0 Å². The van der Waals surface area contributed by atoms with Crippen LogP contribution in [0.15, 0.2) is 72.9 Å². The van der Waals surface area contributed by atoms with Gasteiger partial charge in [-0.2, -0.15) is 0 Å². The van der Waals surface area contributed by atoms with Crippen LogP contribution in [0.2, 0.25) is 0 Å². The third-order valence-electron chi connectivity index (χ3n) is 16.4. The van der Waals surface area contributed by atoms with E-state index in [9.17, 15) is 35.4 Å². The molecule has 0 saturated heterocycles. The molecule has 2 heterocycles. The molecule has 2 aromatic carbocycles. The van der Waals surface area contributed by atoms with Gasteiger partial charge in [-0.15, -0.1) is 5.75 Å². The molecule has 2 saturated carbocycles. The van der Waals surface area contributed by atoms with Crippen molar-refractivity contribution in [1.82, 2.24) is 9.97 Å². The zero-order valence-corrected chi connectivity index (χ0v) is 42.1. The fraction of sp³-hybridized carbons (Fsp3) is 0.593. The number of nitrogens with zero attached hydrogens (tertiary/aromatic N) is 1. The lowest BCUT2D eigenvalue weighted by Gasteiger charge is -2.40. The summed E-state index contributed by atoms with van der Waals surface area (Å²) < 4.78 is 0. The molecule has 69 heavy (non-hydrogen) atoms. The number of rotatable bonds is 19. The lowest BCUT2D eigenvalue weighted by Crippen LogP contribution is -2.42. The molecule has 3 aliphatic rings. The summed E-state index contributed by atoms with van der Waals surface area (Å²) in [7, 11) is 0. The number of carboxylic acid groups (broad SMARTS) is 1. The van der Waals surface area contributed by atoms with Crippen molar-refractivity contribution in [2.45, 2.75) is 180 Å². The standard InChI is InChI=1S/C59H83N3O7/c1-6-7-8-11-38-14-15-41(54(65)29-38)12-9-10-13-42-18-19-47(50-28-40(27-39-23-25-61-56(60)30-39)35-59(50,69)24-22-53(64)57(42)58(67)68)51-20-21-52(62-51)48-33-46(63)34-55(66)49(48)32-44-17-16-43(37(4)5)31-45(44)26-36(2)3/h14-17,20-21,23,25,30-31,33-34,36-38,40-42,47,50,53-54,57,62-66,69H,6-13,18-19,22,24,26-29,32,35H2,1-5H3,(H2,60,61)(H,67,68)/p-1/t38-,40-,41-,42+,47-,50-,53+,54-,57-,59-/m0/s1. The lowest BCUT2D eigenvalue weighted by molar-refractivity contribution is -0.269. The zero-order valence-electron chi connectivity index (χ0n) is 42.1. The van der Waals surface area contributed by atoms with Crippen LogP contribution in [0.4, 0.5) is 5.82 Å². The summed E-state index contributed by atoms with van der Waals surface area (Å²) in [6.45, 7) is 11.0. The van der Waals surface area contributed by atoms with E-state index in [1.54, 1.807) is 12.3 Å². The molecule has 0 amide bonds. The largest absolute Gasteiger partial charge is 0.872 e. The zero-order chi connectivity index (χ0) is 49.4. The molecule has 7 rings (SSSR count). The van der Waals surface area contributed by atoms with Gasteiger partial charge in [0.05, 0.1) is 23.7 Å². The summed E-state index contributed by atoms with van der Waals surface area (Å²) in [5.41, 5.74) is 12.4. The number of phenolic OH excluding ortho intramolecular Hbond substituents is 1. The van der Waals surface area contributed by atoms with E-state index in [0.717, 1.165) is 61.8 Å². The minimum atomic E-state index is -1.17. The van der Waals surface area contributed by atoms with Crippen LogP contribution in [0.3, 0.4) is 0 Å². The molecule has 0 radical (unpaired) electrons. The van der Waals surface area contributed by atoms with E-state index in [-0.39, 0.29) is 60.0 Å². The molecule has 8 N–H and O–H groups in total. The van der Waals surface area contributed by atoms with Crippen LogP contribution in [0.1, 0.15) is 176 Å². The molecule has 4 aromatic rings. The molecule has 0 spiro atoms. The third-order valence-corrected chi connectivity index (χ3v) is 16.4. The number of benzene rings is 2. The highest BCUT2D eigenvalue weighted by molar-refractivity contribution is 5.71. The Balaban J connectivity index is 1.18. The number of phenols is 1. The topological polar surface area (TPSA) is 196 Å². The number of anilines is 1. The number of H-pyrrole nitrogens is 1. The Morgan fingerprint density at radius 1 is 0.899 bits per heavy atom. The van der Waals surface area contributed by atoms with Crippen molar-refractivity contribution in [3.05, 3.63) is 106 Å². The second kappa shape index (κ2) is 23.5. The summed E-state index contributed by atoms with van der Waals surface area (Å²) in [6.07, 6.45) is 18.2. The Bertz CT molecular complexity index is 2340. The van der Waals surface area contributed by atoms with Crippen molar-refractivity contribution in [2.75, 3.05) is 5.73 Å². The van der Waals surface area contributed by atoms with Crippen LogP contribution in [-0.2, 0) is 24.1 Å². The van der Waals surface area contributed by atoms with Crippen molar-refractivity contribution in [3.63, 3.8) is 0 Å². The van der Waals surface area contributed by atoms with E-state index in [2.05, 4.69) is 81.0 Å². The minimum Gasteiger partial charge on any atom is -0.872 e. The summed E-state index contributed by atoms with van der Waals surface area (Å²) in [5, 5.41) is 71.4. The average molecular weight is 945 g/mol. The monoisotopic (exact) mass is 945 g/mol. The molecule has 2 fully saturated rings. The van der Waals surface area contributed by atoms with Gasteiger partial charge < -0.3 is 41.4 Å². The number of aliphatic hydroxyl groups is 3. The highest BCUT2D eigenvalue weighted by atomic mass is 16.4. The van der Waals surface area contributed by atoms with Crippen molar-refractivity contribution in [1.29, 1.82) is 0 Å². The normalized spacial score (nSPS) is 27.5. The van der Waals surface area contributed by atoms with Crippen molar-refractivity contribution in [3.8, 4) is 22.8 Å². The Morgan fingerprint density at radius 2 is 1.68 bits per heavy atom. The first kappa shape index (κ1) is 52.2. The lowest BCUT2D eigenvalue weighted by atomic mass is 9.69. The quantitative estimate of drug-likeness (QED) is 0.0353.